The van der Waals surface area contributed by atoms with Crippen molar-refractivity contribution >= 4 is 22.6 Å². The maximum absolute atomic E-state index is 7.02. The lowest BCUT2D eigenvalue weighted by Gasteiger charge is -2.08. The van der Waals surface area contributed by atoms with Crippen molar-refractivity contribution in [1.82, 2.24) is 5.43 Å². The molecule has 0 radical (unpaired) electrons. The molecule has 44 valence electrons. The Bertz CT molecular complexity index is 140. The van der Waals surface area contributed by atoms with Gasteiger partial charge in [-0.15, -0.1) is 0 Å². The molecule has 0 amide bonds. The van der Waals surface area contributed by atoms with Crippen LogP contribution < -0.4 is 5.43 Å². The lowest BCUT2D eigenvalue weighted by atomic mass is 10.5. The summed E-state index contributed by atoms with van der Waals surface area (Å²) in [5.74, 6) is 0.853. The van der Waals surface area contributed by atoms with Crippen LogP contribution in [0.25, 0.3) is 0 Å². The van der Waals surface area contributed by atoms with Gasteiger partial charge in [-0.05, 0) is 6.92 Å². The number of hydrazone groups is 1. The van der Waals surface area contributed by atoms with Gasteiger partial charge in [0.1, 0.15) is 0 Å². The van der Waals surface area contributed by atoms with Gasteiger partial charge < -0.3 is 0 Å². The Balaban J connectivity index is 2.55. The van der Waals surface area contributed by atoms with E-state index in [-0.39, 0.29) is 0 Å². The molecule has 1 heterocycles. The zero-order valence-corrected chi connectivity index (χ0v) is 5.38. The number of hydrogen-bond acceptors (Lipinski definition) is 3. The van der Waals surface area contributed by atoms with Crippen LogP contribution in [0.4, 0.5) is 0 Å². The molecule has 0 unspecified atom stereocenters. The first-order valence-corrected chi connectivity index (χ1v) is 3.28. The second-order valence-corrected chi connectivity index (χ2v) is 2.56. The summed E-state index contributed by atoms with van der Waals surface area (Å²) in [5.41, 5.74) is 3.61. The Kier molecular flexibility index (Phi) is 1.53. The van der Waals surface area contributed by atoms with E-state index in [4.69, 9.17) is 5.41 Å². The van der Waals surface area contributed by atoms with E-state index in [9.17, 15) is 0 Å². The van der Waals surface area contributed by atoms with E-state index in [1.54, 1.807) is 0 Å². The van der Waals surface area contributed by atoms with Gasteiger partial charge >= 0.3 is 0 Å². The summed E-state index contributed by atoms with van der Waals surface area (Å²) < 4.78 is 0. The molecule has 2 N–H and O–H groups in total. The summed E-state index contributed by atoms with van der Waals surface area (Å²) in [6.07, 6.45) is 0. The first-order chi connectivity index (χ1) is 3.79. The molecule has 0 spiro atoms. The Morgan fingerprint density at radius 2 is 2.62 bits per heavy atom. The fourth-order valence-corrected chi connectivity index (χ4v) is 0.915. The second kappa shape index (κ2) is 2.17. The monoisotopic (exact) mass is 129 g/mol. The molecule has 0 saturated heterocycles. The molecule has 0 aromatic heterocycles. The summed E-state index contributed by atoms with van der Waals surface area (Å²) in [5, 5.41) is 11.3. The predicted octanol–water partition coefficient (Wildman–Crippen LogP) is 0.633. The van der Waals surface area contributed by atoms with Crippen molar-refractivity contribution in [3.05, 3.63) is 0 Å². The highest BCUT2D eigenvalue weighted by Gasteiger charge is 2.02. The van der Waals surface area contributed by atoms with Crippen LogP contribution in [0.1, 0.15) is 6.92 Å². The van der Waals surface area contributed by atoms with Crippen molar-refractivity contribution < 1.29 is 0 Å². The molecule has 0 aliphatic carbocycles. The van der Waals surface area contributed by atoms with Gasteiger partial charge in [-0.2, -0.15) is 5.10 Å². The first kappa shape index (κ1) is 5.62. The van der Waals surface area contributed by atoms with E-state index >= 15 is 0 Å². The zero-order valence-electron chi connectivity index (χ0n) is 4.56. The fraction of sp³-hybridized carbons (Fsp3) is 0.500. The lowest BCUT2D eigenvalue weighted by Crippen LogP contribution is -2.21. The van der Waals surface area contributed by atoms with E-state index < -0.39 is 0 Å². The zero-order chi connectivity index (χ0) is 5.98. The number of hydrogen-bond donors (Lipinski definition) is 2. The second-order valence-electron chi connectivity index (χ2n) is 1.58. The average molecular weight is 129 g/mol. The van der Waals surface area contributed by atoms with Gasteiger partial charge in [0.15, 0.2) is 5.17 Å². The normalized spacial score (nSPS) is 19.6. The van der Waals surface area contributed by atoms with E-state index in [0.717, 1.165) is 11.5 Å². The van der Waals surface area contributed by atoms with Gasteiger partial charge in [0.05, 0.1) is 0 Å². The van der Waals surface area contributed by atoms with Gasteiger partial charge in [0.25, 0.3) is 0 Å². The molecule has 3 nitrogen and oxygen atoms in total. The number of nitrogens with one attached hydrogen (secondary N) is 2. The largest absolute Gasteiger partial charge is 0.277 e. The van der Waals surface area contributed by atoms with Crippen LogP contribution in [-0.2, 0) is 0 Å². The highest BCUT2D eigenvalue weighted by atomic mass is 32.2. The Labute approximate surface area is 52.1 Å². The van der Waals surface area contributed by atoms with Crippen molar-refractivity contribution in [2.45, 2.75) is 6.92 Å². The molecule has 1 aliphatic rings. The van der Waals surface area contributed by atoms with Gasteiger partial charge in [-0.3, -0.25) is 10.8 Å². The molecular weight excluding hydrogens is 122 g/mol. The van der Waals surface area contributed by atoms with Crippen molar-refractivity contribution in [2.24, 2.45) is 5.10 Å². The van der Waals surface area contributed by atoms with Crippen molar-refractivity contribution in [2.75, 3.05) is 5.75 Å². The first-order valence-electron chi connectivity index (χ1n) is 2.29. The quantitative estimate of drug-likeness (QED) is 0.504. The van der Waals surface area contributed by atoms with Crippen LogP contribution in [0.5, 0.6) is 0 Å². The fourth-order valence-electron chi connectivity index (χ4n) is 0.387. The smallest absolute Gasteiger partial charge is 0.174 e. The summed E-state index contributed by atoms with van der Waals surface area (Å²) in [7, 11) is 0. The number of amidine groups is 1. The van der Waals surface area contributed by atoms with Crippen LogP contribution in [0.3, 0.4) is 0 Å². The molecule has 0 saturated carbocycles. The minimum Gasteiger partial charge on any atom is -0.277 e. The van der Waals surface area contributed by atoms with Gasteiger partial charge in [0.2, 0.25) is 0 Å². The Hall–Kier alpha value is -0.510. The highest BCUT2D eigenvalue weighted by Crippen LogP contribution is 2.04. The SMILES string of the molecule is CC1=NNC(=N)SC1. The molecule has 0 aromatic carbocycles. The lowest BCUT2D eigenvalue weighted by molar-refractivity contribution is 1.02. The highest BCUT2D eigenvalue weighted by molar-refractivity contribution is 8.14. The Morgan fingerprint density at radius 3 is 3.00 bits per heavy atom. The maximum Gasteiger partial charge on any atom is 0.174 e. The summed E-state index contributed by atoms with van der Waals surface area (Å²) >= 11 is 1.47. The van der Waals surface area contributed by atoms with Crippen LogP contribution in [0, 0.1) is 5.41 Å². The summed E-state index contributed by atoms with van der Waals surface area (Å²) in [4.78, 5) is 0. The third kappa shape index (κ3) is 1.23. The van der Waals surface area contributed by atoms with Gasteiger partial charge in [-0.25, -0.2) is 0 Å². The molecule has 0 fully saturated rings. The minimum absolute atomic E-state index is 0.440. The standard InChI is InChI=1S/C4H7N3S/c1-3-2-8-4(5)7-6-3/h2H2,1H3,(H2,5,7). The van der Waals surface area contributed by atoms with Gasteiger partial charge in [0, 0.05) is 11.5 Å². The molecule has 1 rings (SSSR count). The van der Waals surface area contributed by atoms with Crippen molar-refractivity contribution in [3.63, 3.8) is 0 Å². The molecule has 1 aliphatic heterocycles. The topological polar surface area (TPSA) is 48.2 Å². The molecule has 0 bridgehead atoms. The minimum atomic E-state index is 0.440. The average Bonchev–Trinajstić information content (AvgIpc) is 1.77. The summed E-state index contributed by atoms with van der Waals surface area (Å²) in [6.45, 7) is 1.94. The number of rotatable bonds is 0. The van der Waals surface area contributed by atoms with Crippen LogP contribution in [0.15, 0.2) is 5.10 Å². The van der Waals surface area contributed by atoms with Gasteiger partial charge in [-0.1, -0.05) is 11.8 Å². The maximum atomic E-state index is 7.02. The predicted molar refractivity (Wildman–Crippen MR) is 36.4 cm³/mol. The number of nitrogens with zero attached hydrogens (tertiary/aromatic N) is 1. The van der Waals surface area contributed by atoms with E-state index in [0.29, 0.717) is 5.17 Å². The van der Waals surface area contributed by atoms with Crippen LogP contribution in [0.2, 0.25) is 0 Å². The summed E-state index contributed by atoms with van der Waals surface area (Å²) in [6, 6.07) is 0. The molecule has 0 atom stereocenters. The molecular formula is C4H7N3S. The molecule has 8 heavy (non-hydrogen) atoms. The van der Waals surface area contributed by atoms with E-state index in [1.165, 1.54) is 11.8 Å². The van der Waals surface area contributed by atoms with Crippen molar-refractivity contribution in [1.29, 1.82) is 5.41 Å². The third-order valence-electron chi connectivity index (χ3n) is 0.774. The third-order valence-corrected chi connectivity index (χ3v) is 1.72. The number of thioether (sulfide) groups is 1. The van der Waals surface area contributed by atoms with E-state index in [2.05, 4.69) is 10.5 Å². The van der Waals surface area contributed by atoms with Crippen molar-refractivity contribution in [3.8, 4) is 0 Å². The van der Waals surface area contributed by atoms with E-state index in [1.807, 2.05) is 6.92 Å². The van der Waals surface area contributed by atoms with Crippen LogP contribution in [-0.4, -0.2) is 16.6 Å². The Morgan fingerprint density at radius 1 is 1.88 bits per heavy atom. The van der Waals surface area contributed by atoms with Crippen LogP contribution >= 0.6 is 11.8 Å². The molecule has 0 aromatic rings. The molecule has 4 heteroatoms.